The molecule has 2 rings (SSSR count). The number of carbonyl (C=O) groups is 2. The Bertz CT molecular complexity index is 605. The highest BCUT2D eigenvalue weighted by molar-refractivity contribution is 6.05. The fourth-order valence-electron chi connectivity index (χ4n) is 1.57. The van der Waals surface area contributed by atoms with Gasteiger partial charge in [-0.2, -0.15) is 0 Å². The molecule has 1 heterocycles. The Hall–Kier alpha value is -2.10. The zero-order chi connectivity index (χ0) is 12.4. The van der Waals surface area contributed by atoms with Crippen LogP contribution in [0.5, 0.6) is 0 Å². The molecule has 4 nitrogen and oxygen atoms in total. The Morgan fingerprint density at radius 3 is 2.76 bits per heavy atom. The summed E-state index contributed by atoms with van der Waals surface area (Å²) in [5.74, 6) is -0.401. The van der Waals surface area contributed by atoms with Crippen LogP contribution in [-0.4, -0.2) is 21.5 Å². The van der Waals surface area contributed by atoms with Crippen molar-refractivity contribution in [1.29, 1.82) is 0 Å². The third-order valence-corrected chi connectivity index (χ3v) is 2.40. The number of nitrogens with zero attached hydrogens (tertiary/aromatic N) is 2. The maximum absolute atomic E-state index is 11.6. The second kappa shape index (κ2) is 4.41. The smallest absolute Gasteiger partial charge is 0.207 e. The topological polar surface area (TPSA) is 59.9 Å². The van der Waals surface area contributed by atoms with Gasteiger partial charge >= 0.3 is 0 Å². The van der Waals surface area contributed by atoms with E-state index in [1.165, 1.54) is 6.92 Å². The van der Waals surface area contributed by atoms with Crippen LogP contribution >= 0.6 is 0 Å². The number of aromatic nitrogens is 2. The second-order valence-corrected chi connectivity index (χ2v) is 4.06. The highest BCUT2D eigenvalue weighted by Crippen LogP contribution is 2.13. The fourth-order valence-corrected chi connectivity index (χ4v) is 1.57. The number of hydrogen-bond donors (Lipinski definition) is 0. The van der Waals surface area contributed by atoms with Crippen molar-refractivity contribution in [3.63, 3.8) is 0 Å². The second-order valence-electron chi connectivity index (χ2n) is 4.06. The molecule has 2 aromatic rings. The lowest BCUT2D eigenvalue weighted by atomic mass is 10.1. The van der Waals surface area contributed by atoms with Crippen molar-refractivity contribution in [1.82, 2.24) is 9.97 Å². The number of hydrogen-bond acceptors (Lipinski definition) is 4. The van der Waals surface area contributed by atoms with Gasteiger partial charge in [0, 0.05) is 11.6 Å². The van der Waals surface area contributed by atoms with Gasteiger partial charge in [-0.3, -0.25) is 9.59 Å². The Morgan fingerprint density at radius 2 is 2.06 bits per heavy atom. The van der Waals surface area contributed by atoms with Gasteiger partial charge in [0.25, 0.3) is 0 Å². The monoisotopic (exact) mass is 228 g/mol. The van der Waals surface area contributed by atoms with Crippen molar-refractivity contribution in [2.75, 3.05) is 0 Å². The lowest BCUT2D eigenvalue weighted by molar-refractivity contribution is -0.116. The molecular weight excluding hydrogens is 216 g/mol. The number of Topliss-reactive ketones (excluding diaryl/α,β-unsaturated/α-hetero) is 2. The maximum Gasteiger partial charge on any atom is 0.207 e. The molecule has 0 N–H and O–H groups in total. The van der Waals surface area contributed by atoms with E-state index in [0.717, 1.165) is 16.5 Å². The van der Waals surface area contributed by atoms with Gasteiger partial charge in [-0.25, -0.2) is 9.97 Å². The van der Waals surface area contributed by atoms with Crippen molar-refractivity contribution in [2.45, 2.75) is 20.3 Å². The number of carbonyl (C=O) groups excluding carboxylic acids is 2. The molecule has 0 aliphatic rings. The van der Waals surface area contributed by atoms with Crippen molar-refractivity contribution in [2.24, 2.45) is 0 Å². The van der Waals surface area contributed by atoms with Gasteiger partial charge < -0.3 is 0 Å². The van der Waals surface area contributed by atoms with Crippen molar-refractivity contribution in [3.05, 3.63) is 35.8 Å². The van der Waals surface area contributed by atoms with Crippen LogP contribution in [0.15, 0.2) is 24.4 Å². The van der Waals surface area contributed by atoms with E-state index in [9.17, 15) is 9.59 Å². The number of ketones is 2. The minimum absolute atomic E-state index is 0.110. The molecule has 4 heteroatoms. The molecule has 1 aromatic carbocycles. The van der Waals surface area contributed by atoms with E-state index in [2.05, 4.69) is 9.97 Å². The molecule has 0 amide bonds. The van der Waals surface area contributed by atoms with Crippen LogP contribution in [0.25, 0.3) is 10.9 Å². The van der Waals surface area contributed by atoms with Gasteiger partial charge in [-0.05, 0) is 25.5 Å². The zero-order valence-electron chi connectivity index (χ0n) is 9.73. The summed E-state index contributed by atoms with van der Waals surface area (Å²) in [4.78, 5) is 30.7. The molecule has 0 radical (unpaired) electrons. The minimum atomic E-state index is -0.332. The average molecular weight is 228 g/mol. The highest BCUT2D eigenvalue weighted by atomic mass is 16.1. The van der Waals surface area contributed by atoms with Crippen LogP contribution < -0.4 is 0 Å². The molecular formula is C13H12N2O2. The normalized spacial score (nSPS) is 10.5. The molecule has 0 atom stereocenters. The first-order valence-corrected chi connectivity index (χ1v) is 5.32. The molecule has 0 saturated heterocycles. The van der Waals surface area contributed by atoms with Gasteiger partial charge in [-0.1, -0.05) is 12.1 Å². The van der Waals surface area contributed by atoms with Gasteiger partial charge in [0.2, 0.25) is 5.78 Å². The quantitative estimate of drug-likeness (QED) is 0.596. The Labute approximate surface area is 98.7 Å². The lowest BCUT2D eigenvalue weighted by Gasteiger charge is -2.01. The molecule has 0 saturated carbocycles. The molecule has 0 aliphatic carbocycles. The molecule has 0 bridgehead atoms. The first kappa shape index (κ1) is 11.4. The molecule has 17 heavy (non-hydrogen) atoms. The predicted octanol–water partition coefficient (Wildman–Crippen LogP) is 2.10. The molecule has 0 fully saturated rings. The van der Waals surface area contributed by atoms with E-state index in [0.29, 0.717) is 0 Å². The number of aryl methyl sites for hydroxylation is 1. The van der Waals surface area contributed by atoms with Gasteiger partial charge in [-0.15, -0.1) is 0 Å². The van der Waals surface area contributed by atoms with Gasteiger partial charge in [0.1, 0.15) is 5.78 Å². The Balaban J connectivity index is 2.43. The van der Waals surface area contributed by atoms with E-state index in [1.54, 1.807) is 6.20 Å². The van der Waals surface area contributed by atoms with E-state index in [1.807, 2.05) is 25.1 Å². The lowest BCUT2D eigenvalue weighted by Crippen LogP contribution is -2.09. The predicted molar refractivity (Wildman–Crippen MR) is 63.9 cm³/mol. The fraction of sp³-hybridized carbons (Fsp3) is 0.231. The summed E-state index contributed by atoms with van der Waals surface area (Å²) in [5.41, 5.74) is 1.80. The molecule has 0 unspecified atom stereocenters. The molecule has 0 spiro atoms. The summed E-state index contributed by atoms with van der Waals surface area (Å²) in [6.45, 7) is 3.34. The van der Waals surface area contributed by atoms with E-state index in [4.69, 9.17) is 0 Å². The van der Waals surface area contributed by atoms with Crippen LogP contribution in [0.3, 0.4) is 0 Å². The van der Waals surface area contributed by atoms with Crippen LogP contribution in [0.4, 0.5) is 0 Å². The summed E-state index contributed by atoms with van der Waals surface area (Å²) < 4.78 is 0. The van der Waals surface area contributed by atoms with Crippen LogP contribution in [-0.2, 0) is 4.79 Å². The summed E-state index contributed by atoms with van der Waals surface area (Å²) in [5, 5.41) is 0.884. The van der Waals surface area contributed by atoms with E-state index >= 15 is 0 Å². The molecule has 86 valence electrons. The van der Waals surface area contributed by atoms with Crippen molar-refractivity contribution < 1.29 is 9.59 Å². The number of benzene rings is 1. The van der Waals surface area contributed by atoms with Crippen molar-refractivity contribution in [3.8, 4) is 0 Å². The van der Waals surface area contributed by atoms with Crippen molar-refractivity contribution >= 4 is 22.5 Å². The standard InChI is InChI=1S/C13H12N2O2/c1-8-3-4-10-7-14-13(15-11(10)5-8)12(17)6-9(2)16/h3-5,7H,6H2,1-2H3. The summed E-state index contributed by atoms with van der Waals surface area (Å²) in [7, 11) is 0. The molecule has 0 aliphatic heterocycles. The number of rotatable bonds is 3. The largest absolute Gasteiger partial charge is 0.300 e. The van der Waals surface area contributed by atoms with Gasteiger partial charge in [0.05, 0.1) is 11.9 Å². The zero-order valence-corrected chi connectivity index (χ0v) is 9.73. The van der Waals surface area contributed by atoms with Crippen LogP contribution in [0.1, 0.15) is 29.5 Å². The Morgan fingerprint density at radius 1 is 1.29 bits per heavy atom. The third-order valence-electron chi connectivity index (χ3n) is 2.40. The third kappa shape index (κ3) is 2.53. The van der Waals surface area contributed by atoms with Gasteiger partial charge in [0.15, 0.2) is 5.82 Å². The van der Waals surface area contributed by atoms with E-state index in [-0.39, 0.29) is 23.8 Å². The van der Waals surface area contributed by atoms with Crippen LogP contribution in [0, 0.1) is 6.92 Å². The maximum atomic E-state index is 11.6. The highest BCUT2D eigenvalue weighted by Gasteiger charge is 2.12. The summed E-state index contributed by atoms with van der Waals surface area (Å²) >= 11 is 0. The Kier molecular flexibility index (Phi) is 2.95. The minimum Gasteiger partial charge on any atom is -0.300 e. The van der Waals surface area contributed by atoms with E-state index < -0.39 is 0 Å². The summed E-state index contributed by atoms with van der Waals surface area (Å²) in [6, 6.07) is 5.76. The van der Waals surface area contributed by atoms with Crippen LogP contribution in [0.2, 0.25) is 0 Å². The summed E-state index contributed by atoms with van der Waals surface area (Å²) in [6.07, 6.45) is 1.46. The molecule has 1 aromatic heterocycles. The first-order chi connectivity index (χ1) is 8.06. The average Bonchev–Trinajstić information content (AvgIpc) is 2.27. The first-order valence-electron chi connectivity index (χ1n) is 5.32. The SMILES string of the molecule is CC(=O)CC(=O)c1ncc2ccc(C)cc2n1. The number of fused-ring (bicyclic) bond motifs is 1.